The lowest BCUT2D eigenvalue weighted by Crippen LogP contribution is -2.24. The van der Waals surface area contributed by atoms with Crippen LogP contribution in [0.5, 0.6) is 11.5 Å². The Kier molecular flexibility index (Phi) is 3.50. The van der Waals surface area contributed by atoms with Crippen LogP contribution in [0.2, 0.25) is 0 Å². The van der Waals surface area contributed by atoms with Gasteiger partial charge in [0.05, 0.1) is 12.3 Å². The van der Waals surface area contributed by atoms with Crippen LogP contribution in [0.4, 0.5) is 0 Å². The van der Waals surface area contributed by atoms with Gasteiger partial charge in [-0.15, -0.1) is 0 Å². The summed E-state index contributed by atoms with van der Waals surface area (Å²) in [4.78, 5) is 4.52. The van der Waals surface area contributed by atoms with Crippen LogP contribution in [0, 0.1) is 0 Å². The molecule has 0 N–H and O–H groups in total. The third-order valence-electron chi connectivity index (χ3n) is 2.83. The SMILES string of the molecule is CC(C)(C)Oc1cc(C(C)(C)C)ncc1OC1CC1. The zero-order chi connectivity index (χ0) is 14.3. The van der Waals surface area contributed by atoms with E-state index in [9.17, 15) is 0 Å². The van der Waals surface area contributed by atoms with E-state index < -0.39 is 0 Å². The zero-order valence-corrected chi connectivity index (χ0v) is 12.9. The average molecular weight is 263 g/mol. The summed E-state index contributed by atoms with van der Waals surface area (Å²) in [6.45, 7) is 12.6. The Bertz CT molecular complexity index is 451. The van der Waals surface area contributed by atoms with Gasteiger partial charge >= 0.3 is 0 Å². The molecule has 0 unspecified atom stereocenters. The number of rotatable bonds is 3. The Morgan fingerprint density at radius 2 is 1.68 bits per heavy atom. The predicted molar refractivity (Wildman–Crippen MR) is 77.0 cm³/mol. The monoisotopic (exact) mass is 263 g/mol. The number of hydrogen-bond acceptors (Lipinski definition) is 3. The molecule has 1 aromatic rings. The fourth-order valence-electron chi connectivity index (χ4n) is 1.70. The summed E-state index contributed by atoms with van der Waals surface area (Å²) in [5.41, 5.74) is 0.793. The van der Waals surface area contributed by atoms with Crippen molar-refractivity contribution in [1.29, 1.82) is 0 Å². The molecular formula is C16H25NO2. The molecule has 0 saturated heterocycles. The Labute approximate surface area is 116 Å². The third kappa shape index (κ3) is 4.12. The predicted octanol–water partition coefficient (Wildman–Crippen LogP) is 4.10. The number of pyridine rings is 1. The van der Waals surface area contributed by atoms with Gasteiger partial charge in [0, 0.05) is 17.2 Å². The summed E-state index contributed by atoms with van der Waals surface area (Å²) >= 11 is 0. The maximum Gasteiger partial charge on any atom is 0.179 e. The molecular weight excluding hydrogens is 238 g/mol. The molecule has 19 heavy (non-hydrogen) atoms. The lowest BCUT2D eigenvalue weighted by Gasteiger charge is -2.25. The molecule has 1 fully saturated rings. The van der Waals surface area contributed by atoms with Gasteiger partial charge in [0.15, 0.2) is 11.5 Å². The van der Waals surface area contributed by atoms with Gasteiger partial charge in [0.25, 0.3) is 0 Å². The van der Waals surface area contributed by atoms with E-state index in [1.54, 1.807) is 6.20 Å². The number of nitrogens with zero attached hydrogens (tertiary/aromatic N) is 1. The van der Waals surface area contributed by atoms with Crippen molar-refractivity contribution in [3.8, 4) is 11.5 Å². The van der Waals surface area contributed by atoms with Crippen molar-refractivity contribution in [2.75, 3.05) is 0 Å². The van der Waals surface area contributed by atoms with E-state index in [1.165, 1.54) is 0 Å². The molecule has 1 heterocycles. The molecule has 1 aromatic heterocycles. The van der Waals surface area contributed by atoms with Crippen LogP contribution in [0.3, 0.4) is 0 Å². The molecule has 1 saturated carbocycles. The number of ether oxygens (including phenoxy) is 2. The van der Waals surface area contributed by atoms with Crippen LogP contribution in [-0.2, 0) is 5.41 Å². The first-order valence-electron chi connectivity index (χ1n) is 7.01. The number of hydrogen-bond donors (Lipinski definition) is 0. The Balaban J connectivity index is 2.31. The van der Waals surface area contributed by atoms with Gasteiger partial charge in [-0.2, -0.15) is 0 Å². The largest absolute Gasteiger partial charge is 0.485 e. The van der Waals surface area contributed by atoms with E-state index in [2.05, 4.69) is 25.8 Å². The highest BCUT2D eigenvalue weighted by Crippen LogP contribution is 2.37. The standard InChI is InChI=1S/C16H25NO2/c1-15(2,3)14-9-12(19-16(4,5)6)13(10-17-14)18-11-7-8-11/h9-11H,7-8H2,1-6H3. The Morgan fingerprint density at radius 1 is 1.05 bits per heavy atom. The summed E-state index contributed by atoms with van der Waals surface area (Å²) < 4.78 is 11.9. The van der Waals surface area contributed by atoms with Crippen LogP contribution in [0.1, 0.15) is 60.1 Å². The minimum absolute atomic E-state index is 0.00804. The first-order valence-corrected chi connectivity index (χ1v) is 7.01. The highest BCUT2D eigenvalue weighted by Gasteiger charge is 2.27. The highest BCUT2D eigenvalue weighted by atomic mass is 16.5. The second-order valence-electron chi connectivity index (χ2n) is 7.30. The van der Waals surface area contributed by atoms with Crippen LogP contribution in [0.15, 0.2) is 12.3 Å². The molecule has 106 valence electrons. The lowest BCUT2D eigenvalue weighted by atomic mass is 9.91. The fraction of sp³-hybridized carbons (Fsp3) is 0.688. The van der Waals surface area contributed by atoms with E-state index in [0.717, 1.165) is 30.0 Å². The number of aromatic nitrogens is 1. The van der Waals surface area contributed by atoms with Gasteiger partial charge in [0.2, 0.25) is 0 Å². The molecule has 0 bridgehead atoms. The van der Waals surface area contributed by atoms with E-state index in [1.807, 2.05) is 26.8 Å². The van der Waals surface area contributed by atoms with Crippen molar-refractivity contribution in [1.82, 2.24) is 4.98 Å². The van der Waals surface area contributed by atoms with Crippen molar-refractivity contribution in [3.05, 3.63) is 18.0 Å². The fourth-order valence-corrected chi connectivity index (χ4v) is 1.70. The molecule has 0 atom stereocenters. The third-order valence-corrected chi connectivity index (χ3v) is 2.83. The van der Waals surface area contributed by atoms with E-state index in [-0.39, 0.29) is 11.0 Å². The second-order valence-corrected chi connectivity index (χ2v) is 7.30. The first kappa shape index (κ1) is 14.2. The van der Waals surface area contributed by atoms with Crippen molar-refractivity contribution in [2.45, 2.75) is 71.5 Å². The summed E-state index contributed by atoms with van der Waals surface area (Å²) in [6, 6.07) is 2.02. The second kappa shape index (κ2) is 4.69. The van der Waals surface area contributed by atoms with Crippen LogP contribution in [0.25, 0.3) is 0 Å². The van der Waals surface area contributed by atoms with Crippen molar-refractivity contribution >= 4 is 0 Å². The Hall–Kier alpha value is -1.25. The van der Waals surface area contributed by atoms with E-state index in [0.29, 0.717) is 6.10 Å². The minimum atomic E-state index is -0.238. The molecule has 0 aliphatic heterocycles. The van der Waals surface area contributed by atoms with Gasteiger partial charge < -0.3 is 9.47 Å². The normalized spacial score (nSPS) is 16.3. The first-order chi connectivity index (χ1) is 8.65. The Morgan fingerprint density at radius 3 is 2.16 bits per heavy atom. The van der Waals surface area contributed by atoms with Gasteiger partial charge in [-0.25, -0.2) is 0 Å². The van der Waals surface area contributed by atoms with Crippen molar-refractivity contribution in [2.24, 2.45) is 0 Å². The molecule has 0 radical (unpaired) electrons. The van der Waals surface area contributed by atoms with Crippen LogP contribution < -0.4 is 9.47 Å². The van der Waals surface area contributed by atoms with Gasteiger partial charge in [-0.1, -0.05) is 20.8 Å². The van der Waals surface area contributed by atoms with Crippen LogP contribution in [-0.4, -0.2) is 16.7 Å². The smallest absolute Gasteiger partial charge is 0.179 e. The molecule has 1 aliphatic rings. The zero-order valence-electron chi connectivity index (χ0n) is 12.9. The van der Waals surface area contributed by atoms with Crippen molar-refractivity contribution in [3.63, 3.8) is 0 Å². The van der Waals surface area contributed by atoms with Gasteiger partial charge in [-0.05, 0) is 33.6 Å². The maximum absolute atomic E-state index is 6.03. The maximum atomic E-state index is 6.03. The molecule has 3 nitrogen and oxygen atoms in total. The lowest BCUT2D eigenvalue weighted by molar-refractivity contribution is 0.122. The summed E-state index contributed by atoms with van der Waals surface area (Å²) in [7, 11) is 0. The summed E-state index contributed by atoms with van der Waals surface area (Å²) in [5, 5.41) is 0. The molecule has 2 rings (SSSR count). The minimum Gasteiger partial charge on any atom is -0.485 e. The topological polar surface area (TPSA) is 31.4 Å². The van der Waals surface area contributed by atoms with Gasteiger partial charge in [-0.3, -0.25) is 4.98 Å². The molecule has 3 heteroatoms. The van der Waals surface area contributed by atoms with Crippen molar-refractivity contribution < 1.29 is 9.47 Å². The van der Waals surface area contributed by atoms with E-state index in [4.69, 9.17) is 9.47 Å². The summed E-state index contributed by atoms with van der Waals surface area (Å²) in [5.74, 6) is 1.57. The van der Waals surface area contributed by atoms with E-state index >= 15 is 0 Å². The quantitative estimate of drug-likeness (QED) is 0.822. The average Bonchev–Trinajstić information content (AvgIpc) is 3.00. The van der Waals surface area contributed by atoms with Gasteiger partial charge in [0.1, 0.15) is 5.60 Å². The molecule has 0 spiro atoms. The molecule has 1 aliphatic carbocycles. The van der Waals surface area contributed by atoms with Crippen LogP contribution >= 0.6 is 0 Å². The summed E-state index contributed by atoms with van der Waals surface area (Å²) in [6.07, 6.45) is 4.43. The highest BCUT2D eigenvalue weighted by molar-refractivity contribution is 5.41. The molecule has 0 amide bonds. The molecule has 0 aromatic carbocycles.